The Kier molecular flexibility index (Phi) is 5.49. The maximum absolute atomic E-state index is 12.5. The number of hydrogen-bond acceptors (Lipinski definition) is 4. The molecule has 3 aromatic carbocycles. The molecule has 1 aromatic heterocycles. The Labute approximate surface area is 173 Å². The molecule has 0 spiro atoms. The Morgan fingerprint density at radius 3 is 2.55 bits per heavy atom. The van der Waals surface area contributed by atoms with Crippen molar-refractivity contribution < 1.29 is 13.9 Å². The number of benzene rings is 3. The molecule has 146 valence electrons. The Balaban J connectivity index is 1.50. The zero-order valence-electron chi connectivity index (χ0n) is 15.8. The second-order valence-electron chi connectivity index (χ2n) is 6.54. The van der Waals surface area contributed by atoms with Gasteiger partial charge in [0.2, 0.25) is 5.89 Å². The summed E-state index contributed by atoms with van der Waals surface area (Å²) in [6.45, 7) is 2.70. The van der Waals surface area contributed by atoms with Crippen LogP contribution in [-0.4, -0.2) is 17.5 Å². The van der Waals surface area contributed by atoms with Gasteiger partial charge < -0.3 is 14.5 Å². The monoisotopic (exact) mass is 406 g/mol. The van der Waals surface area contributed by atoms with Gasteiger partial charge in [-0.3, -0.25) is 4.79 Å². The van der Waals surface area contributed by atoms with Gasteiger partial charge in [0.1, 0.15) is 11.3 Å². The Morgan fingerprint density at radius 2 is 1.83 bits per heavy atom. The van der Waals surface area contributed by atoms with Gasteiger partial charge in [0.15, 0.2) is 5.58 Å². The second kappa shape index (κ2) is 8.37. The quantitative estimate of drug-likeness (QED) is 0.414. The first kappa shape index (κ1) is 19.0. The highest BCUT2D eigenvalue weighted by Gasteiger charge is 2.11. The molecule has 0 aliphatic heterocycles. The Bertz CT molecular complexity index is 1140. The lowest BCUT2D eigenvalue weighted by Gasteiger charge is -2.07. The van der Waals surface area contributed by atoms with E-state index in [1.807, 2.05) is 19.1 Å². The van der Waals surface area contributed by atoms with Gasteiger partial charge in [0, 0.05) is 21.8 Å². The second-order valence-corrected chi connectivity index (χ2v) is 6.97. The highest BCUT2D eigenvalue weighted by Crippen LogP contribution is 2.27. The van der Waals surface area contributed by atoms with E-state index < -0.39 is 0 Å². The van der Waals surface area contributed by atoms with Crippen LogP contribution in [0.1, 0.15) is 23.7 Å². The van der Waals surface area contributed by atoms with E-state index in [-0.39, 0.29) is 5.91 Å². The van der Waals surface area contributed by atoms with E-state index in [0.717, 1.165) is 17.7 Å². The molecule has 0 saturated heterocycles. The molecular formula is C23H19ClN2O3. The van der Waals surface area contributed by atoms with Crippen molar-refractivity contribution in [1.29, 1.82) is 0 Å². The van der Waals surface area contributed by atoms with E-state index in [2.05, 4.69) is 10.3 Å². The molecule has 0 aliphatic carbocycles. The third-order valence-electron chi connectivity index (χ3n) is 4.33. The molecule has 1 N–H and O–H groups in total. The summed E-state index contributed by atoms with van der Waals surface area (Å²) < 4.78 is 11.3. The molecule has 4 aromatic rings. The van der Waals surface area contributed by atoms with Crippen molar-refractivity contribution >= 4 is 34.3 Å². The minimum Gasteiger partial charge on any atom is -0.494 e. The van der Waals surface area contributed by atoms with Crippen LogP contribution in [0.15, 0.2) is 71.1 Å². The molecule has 0 unspecified atom stereocenters. The number of nitrogens with zero attached hydrogens (tertiary/aromatic N) is 1. The summed E-state index contributed by atoms with van der Waals surface area (Å²) in [5, 5.41) is 3.54. The molecule has 0 radical (unpaired) electrons. The van der Waals surface area contributed by atoms with Gasteiger partial charge in [-0.25, -0.2) is 4.98 Å². The first-order valence-electron chi connectivity index (χ1n) is 9.33. The number of oxazole rings is 1. The van der Waals surface area contributed by atoms with Gasteiger partial charge in [-0.1, -0.05) is 18.5 Å². The fourth-order valence-electron chi connectivity index (χ4n) is 2.85. The molecule has 29 heavy (non-hydrogen) atoms. The average molecular weight is 407 g/mol. The first-order chi connectivity index (χ1) is 14.1. The van der Waals surface area contributed by atoms with Crippen LogP contribution in [0.3, 0.4) is 0 Å². The SMILES string of the molecule is CCCOc1ccc(C(=O)Nc2ccc3oc(-c4ccc(Cl)cc4)nc3c2)cc1. The van der Waals surface area contributed by atoms with Crippen molar-refractivity contribution in [3.05, 3.63) is 77.3 Å². The van der Waals surface area contributed by atoms with Crippen LogP contribution >= 0.6 is 11.6 Å². The molecule has 1 amide bonds. The maximum atomic E-state index is 12.5. The largest absolute Gasteiger partial charge is 0.494 e. The number of rotatable bonds is 6. The summed E-state index contributed by atoms with van der Waals surface area (Å²) in [6, 6.07) is 19.7. The van der Waals surface area contributed by atoms with E-state index in [1.54, 1.807) is 54.6 Å². The number of anilines is 1. The molecule has 0 aliphatic rings. The number of carbonyl (C=O) groups excluding carboxylic acids is 1. The molecule has 4 rings (SSSR count). The summed E-state index contributed by atoms with van der Waals surface area (Å²) in [5.41, 5.74) is 3.34. The van der Waals surface area contributed by atoms with Crippen LogP contribution in [0.25, 0.3) is 22.6 Å². The third-order valence-corrected chi connectivity index (χ3v) is 4.58. The minimum absolute atomic E-state index is 0.201. The smallest absolute Gasteiger partial charge is 0.255 e. The van der Waals surface area contributed by atoms with Gasteiger partial charge in [0.25, 0.3) is 5.91 Å². The lowest BCUT2D eigenvalue weighted by molar-refractivity contribution is 0.102. The summed E-state index contributed by atoms with van der Waals surface area (Å²) in [7, 11) is 0. The fourth-order valence-corrected chi connectivity index (χ4v) is 2.97. The van der Waals surface area contributed by atoms with Gasteiger partial charge in [-0.15, -0.1) is 0 Å². The lowest BCUT2D eigenvalue weighted by atomic mass is 10.2. The number of hydrogen-bond donors (Lipinski definition) is 1. The van der Waals surface area contributed by atoms with Gasteiger partial charge in [0.05, 0.1) is 6.61 Å². The molecule has 5 nitrogen and oxygen atoms in total. The maximum Gasteiger partial charge on any atom is 0.255 e. The third kappa shape index (κ3) is 4.41. The van der Waals surface area contributed by atoms with Crippen LogP contribution in [0.2, 0.25) is 5.02 Å². The van der Waals surface area contributed by atoms with Crippen LogP contribution in [-0.2, 0) is 0 Å². The van der Waals surface area contributed by atoms with Crippen molar-refractivity contribution in [3.63, 3.8) is 0 Å². The fraction of sp³-hybridized carbons (Fsp3) is 0.130. The van der Waals surface area contributed by atoms with E-state index in [4.69, 9.17) is 20.8 Å². The summed E-state index contributed by atoms with van der Waals surface area (Å²) >= 11 is 5.93. The Hall–Kier alpha value is -3.31. The zero-order chi connectivity index (χ0) is 20.2. The van der Waals surface area contributed by atoms with E-state index >= 15 is 0 Å². The molecule has 0 atom stereocenters. The molecular weight excluding hydrogens is 388 g/mol. The minimum atomic E-state index is -0.201. The highest BCUT2D eigenvalue weighted by atomic mass is 35.5. The summed E-state index contributed by atoms with van der Waals surface area (Å²) in [4.78, 5) is 17.0. The van der Waals surface area contributed by atoms with Crippen molar-refractivity contribution in [1.82, 2.24) is 4.98 Å². The lowest BCUT2D eigenvalue weighted by Crippen LogP contribution is -2.11. The van der Waals surface area contributed by atoms with E-state index in [9.17, 15) is 4.79 Å². The number of aromatic nitrogens is 1. The van der Waals surface area contributed by atoms with E-state index in [1.165, 1.54) is 0 Å². The van der Waals surface area contributed by atoms with Crippen molar-refractivity contribution in [2.24, 2.45) is 0 Å². The number of carbonyl (C=O) groups is 1. The first-order valence-corrected chi connectivity index (χ1v) is 9.71. The van der Waals surface area contributed by atoms with Crippen molar-refractivity contribution in [2.45, 2.75) is 13.3 Å². The summed E-state index contributed by atoms with van der Waals surface area (Å²) in [6.07, 6.45) is 0.937. The molecule has 0 bridgehead atoms. The number of nitrogens with one attached hydrogen (secondary N) is 1. The van der Waals surface area contributed by atoms with Gasteiger partial charge in [-0.2, -0.15) is 0 Å². The number of amides is 1. The topological polar surface area (TPSA) is 64.4 Å². The van der Waals surface area contributed by atoms with Gasteiger partial charge in [-0.05, 0) is 73.2 Å². The van der Waals surface area contributed by atoms with Crippen LogP contribution < -0.4 is 10.1 Å². The number of halogens is 1. The highest BCUT2D eigenvalue weighted by molar-refractivity contribution is 6.30. The predicted molar refractivity (Wildman–Crippen MR) is 115 cm³/mol. The molecule has 6 heteroatoms. The molecule has 0 fully saturated rings. The average Bonchev–Trinajstić information content (AvgIpc) is 3.16. The van der Waals surface area contributed by atoms with Crippen LogP contribution in [0.5, 0.6) is 5.75 Å². The van der Waals surface area contributed by atoms with Crippen LogP contribution in [0.4, 0.5) is 5.69 Å². The predicted octanol–water partition coefficient (Wildman–Crippen LogP) is 6.19. The summed E-state index contributed by atoms with van der Waals surface area (Å²) in [5.74, 6) is 1.05. The Morgan fingerprint density at radius 1 is 1.07 bits per heavy atom. The number of ether oxygens (including phenoxy) is 1. The van der Waals surface area contributed by atoms with Crippen LogP contribution in [0, 0.1) is 0 Å². The van der Waals surface area contributed by atoms with Crippen molar-refractivity contribution in [2.75, 3.05) is 11.9 Å². The standard InChI is InChI=1S/C23H19ClN2O3/c1-2-13-28-19-10-5-15(6-11-19)22(27)25-18-9-12-21-20(14-18)26-23(29-21)16-3-7-17(24)8-4-16/h3-12,14H,2,13H2,1H3,(H,25,27). The molecule has 1 heterocycles. The van der Waals surface area contributed by atoms with Gasteiger partial charge >= 0.3 is 0 Å². The zero-order valence-corrected chi connectivity index (χ0v) is 16.6. The normalized spacial score (nSPS) is 10.8. The van der Waals surface area contributed by atoms with Crippen molar-refractivity contribution in [3.8, 4) is 17.2 Å². The van der Waals surface area contributed by atoms with E-state index in [0.29, 0.717) is 39.9 Å². The molecule has 0 saturated carbocycles. The number of fused-ring (bicyclic) bond motifs is 1.